The highest BCUT2D eigenvalue weighted by molar-refractivity contribution is 9.10. The van der Waals surface area contributed by atoms with Crippen molar-refractivity contribution in [2.75, 3.05) is 4.90 Å². The Morgan fingerprint density at radius 2 is 0.923 bits per heavy atom. The summed E-state index contributed by atoms with van der Waals surface area (Å²) < 4.78 is 7.32. The van der Waals surface area contributed by atoms with E-state index in [0.717, 1.165) is 43.5 Å². The minimum Gasteiger partial charge on any atom is -0.456 e. The number of hydrogen-bond acceptors (Lipinski definition) is 2. The van der Waals surface area contributed by atoms with Crippen LogP contribution in [0.1, 0.15) is 22.3 Å². The maximum absolute atomic E-state index is 6.23. The van der Waals surface area contributed by atoms with E-state index in [9.17, 15) is 0 Å². The van der Waals surface area contributed by atoms with Crippen molar-refractivity contribution in [3.8, 4) is 22.3 Å². The highest BCUT2D eigenvalue weighted by Crippen LogP contribution is 2.57. The molecule has 1 aromatic heterocycles. The largest absolute Gasteiger partial charge is 0.456 e. The zero-order valence-corrected chi connectivity index (χ0v) is 29.8. The molecule has 0 amide bonds. The molecule has 0 radical (unpaired) electrons. The zero-order chi connectivity index (χ0) is 34.6. The third kappa shape index (κ3) is 4.70. The van der Waals surface area contributed by atoms with E-state index in [4.69, 9.17) is 4.42 Å². The van der Waals surface area contributed by atoms with Crippen molar-refractivity contribution in [3.05, 3.63) is 221 Å². The lowest BCUT2D eigenvalue weighted by Crippen LogP contribution is -2.29. The van der Waals surface area contributed by atoms with Gasteiger partial charge in [-0.15, -0.1) is 0 Å². The van der Waals surface area contributed by atoms with Crippen LogP contribution >= 0.6 is 15.9 Å². The predicted octanol–water partition coefficient (Wildman–Crippen LogP) is 13.8. The molecule has 8 aromatic carbocycles. The van der Waals surface area contributed by atoms with Crippen LogP contribution in [0.25, 0.3) is 44.2 Å². The fourth-order valence-electron chi connectivity index (χ4n) is 8.35. The van der Waals surface area contributed by atoms with Crippen LogP contribution in [-0.2, 0) is 5.41 Å². The third-order valence-electron chi connectivity index (χ3n) is 10.6. The van der Waals surface area contributed by atoms with Gasteiger partial charge in [0.05, 0.1) is 5.41 Å². The molecule has 0 aliphatic heterocycles. The van der Waals surface area contributed by atoms with Gasteiger partial charge in [0, 0.05) is 32.3 Å². The molecule has 1 aliphatic rings. The van der Waals surface area contributed by atoms with E-state index in [1.54, 1.807) is 0 Å². The van der Waals surface area contributed by atoms with Gasteiger partial charge in [0.2, 0.25) is 0 Å². The first-order valence-electron chi connectivity index (χ1n) is 17.6. The fraction of sp³-hybridized carbons (Fsp3) is 0.0204. The molecule has 246 valence electrons. The topological polar surface area (TPSA) is 16.4 Å². The number of rotatable bonds is 6. The number of fused-ring (bicyclic) bond motifs is 6. The van der Waals surface area contributed by atoms with Crippen molar-refractivity contribution < 1.29 is 4.42 Å². The van der Waals surface area contributed by atoms with Gasteiger partial charge in [0.25, 0.3) is 0 Å². The van der Waals surface area contributed by atoms with Gasteiger partial charge < -0.3 is 9.32 Å². The second kappa shape index (κ2) is 12.3. The molecule has 10 rings (SSSR count). The van der Waals surface area contributed by atoms with Crippen LogP contribution in [0.5, 0.6) is 0 Å². The average molecular weight is 731 g/mol. The van der Waals surface area contributed by atoms with Crippen LogP contribution < -0.4 is 4.90 Å². The van der Waals surface area contributed by atoms with Gasteiger partial charge in [-0.05, 0) is 99.1 Å². The van der Waals surface area contributed by atoms with Crippen LogP contribution in [0, 0.1) is 0 Å². The van der Waals surface area contributed by atoms with Crippen LogP contribution in [0.2, 0.25) is 0 Å². The molecule has 52 heavy (non-hydrogen) atoms. The molecule has 1 heterocycles. The summed E-state index contributed by atoms with van der Waals surface area (Å²) in [5.74, 6) is 0. The lowest BCUT2D eigenvalue weighted by atomic mass is 9.67. The first kappa shape index (κ1) is 30.6. The van der Waals surface area contributed by atoms with Crippen molar-refractivity contribution in [1.82, 2.24) is 0 Å². The Morgan fingerprint density at radius 3 is 1.62 bits per heavy atom. The Morgan fingerprint density at radius 1 is 0.404 bits per heavy atom. The number of benzene rings is 8. The minimum atomic E-state index is -0.497. The van der Waals surface area contributed by atoms with Crippen molar-refractivity contribution in [1.29, 1.82) is 0 Å². The maximum Gasteiger partial charge on any atom is 0.135 e. The van der Waals surface area contributed by atoms with Crippen molar-refractivity contribution in [3.63, 3.8) is 0 Å². The molecule has 0 atom stereocenters. The lowest BCUT2D eigenvalue weighted by molar-refractivity contribution is 0.669. The first-order chi connectivity index (χ1) is 25.7. The number of hydrogen-bond donors (Lipinski definition) is 0. The van der Waals surface area contributed by atoms with E-state index >= 15 is 0 Å². The van der Waals surface area contributed by atoms with Gasteiger partial charge in [0.15, 0.2) is 0 Å². The normalized spacial score (nSPS) is 12.9. The summed E-state index contributed by atoms with van der Waals surface area (Å²) in [4.78, 5) is 2.35. The summed E-state index contributed by atoms with van der Waals surface area (Å²) >= 11 is 3.98. The molecule has 9 aromatic rings. The summed E-state index contributed by atoms with van der Waals surface area (Å²) in [5.41, 5.74) is 14.5. The standard InChI is InChI=1S/C49H32BrNO/c50-46-20-10-9-19-45(46)49(43-17-7-4-14-39(43)40-15-5-8-18-44(40)49)35-24-28-37(29-25-35)51(36-26-22-34(23-27-36)33-12-2-1-3-13-33)38-30-31-48-42(32-38)41-16-6-11-21-47(41)52-48/h1-32H. The van der Waals surface area contributed by atoms with Gasteiger partial charge >= 0.3 is 0 Å². The maximum atomic E-state index is 6.23. The summed E-state index contributed by atoms with van der Waals surface area (Å²) in [6.07, 6.45) is 0. The SMILES string of the molecule is Brc1ccccc1C1(c2ccc(N(c3ccc(-c4ccccc4)cc3)c3ccc4oc5ccccc5c4c3)cc2)c2ccccc2-c2ccccc21. The molecule has 0 bridgehead atoms. The highest BCUT2D eigenvalue weighted by atomic mass is 79.9. The monoisotopic (exact) mass is 729 g/mol. The molecule has 0 saturated carbocycles. The van der Waals surface area contributed by atoms with Crippen LogP contribution in [-0.4, -0.2) is 0 Å². The van der Waals surface area contributed by atoms with E-state index in [1.165, 1.54) is 44.5 Å². The third-order valence-corrected chi connectivity index (χ3v) is 11.3. The molecule has 3 heteroatoms. The molecule has 1 aliphatic carbocycles. The van der Waals surface area contributed by atoms with Crippen LogP contribution in [0.4, 0.5) is 17.1 Å². The van der Waals surface area contributed by atoms with Crippen molar-refractivity contribution in [2.24, 2.45) is 0 Å². The molecule has 2 nitrogen and oxygen atoms in total. The minimum absolute atomic E-state index is 0.497. The first-order valence-corrected chi connectivity index (χ1v) is 18.4. The van der Waals surface area contributed by atoms with Crippen LogP contribution in [0.3, 0.4) is 0 Å². The molecule has 0 N–H and O–H groups in total. The predicted molar refractivity (Wildman–Crippen MR) is 219 cm³/mol. The Balaban J connectivity index is 1.16. The Hall–Kier alpha value is -6.16. The number of anilines is 3. The molecule has 0 saturated heterocycles. The number of nitrogens with zero attached hydrogens (tertiary/aromatic N) is 1. The quantitative estimate of drug-likeness (QED) is 0.169. The molecular formula is C49H32BrNO. The van der Waals surface area contributed by atoms with Gasteiger partial charge in [-0.25, -0.2) is 0 Å². The van der Waals surface area contributed by atoms with E-state index in [-0.39, 0.29) is 0 Å². The summed E-state index contributed by atoms with van der Waals surface area (Å²) in [6, 6.07) is 69.8. The summed E-state index contributed by atoms with van der Waals surface area (Å²) in [7, 11) is 0. The lowest BCUT2D eigenvalue weighted by Gasteiger charge is -2.35. The van der Waals surface area contributed by atoms with E-state index in [1.807, 2.05) is 12.1 Å². The fourth-order valence-corrected chi connectivity index (χ4v) is 8.93. The second-order valence-electron chi connectivity index (χ2n) is 13.4. The van der Waals surface area contributed by atoms with E-state index in [0.29, 0.717) is 0 Å². The number of furan rings is 1. The summed E-state index contributed by atoms with van der Waals surface area (Å²) in [5, 5.41) is 2.21. The molecule has 0 fully saturated rings. The van der Waals surface area contributed by atoms with Gasteiger partial charge in [-0.2, -0.15) is 0 Å². The van der Waals surface area contributed by atoms with Gasteiger partial charge in [0.1, 0.15) is 11.2 Å². The smallest absolute Gasteiger partial charge is 0.135 e. The summed E-state index contributed by atoms with van der Waals surface area (Å²) in [6.45, 7) is 0. The Labute approximate surface area is 311 Å². The van der Waals surface area contributed by atoms with Crippen molar-refractivity contribution >= 4 is 54.9 Å². The van der Waals surface area contributed by atoms with Gasteiger partial charge in [-0.1, -0.05) is 155 Å². The van der Waals surface area contributed by atoms with Crippen molar-refractivity contribution in [2.45, 2.75) is 5.41 Å². The van der Waals surface area contributed by atoms with Gasteiger partial charge in [-0.3, -0.25) is 0 Å². The second-order valence-corrected chi connectivity index (χ2v) is 14.2. The highest BCUT2D eigenvalue weighted by Gasteiger charge is 2.46. The van der Waals surface area contributed by atoms with E-state index < -0.39 is 5.41 Å². The van der Waals surface area contributed by atoms with Crippen LogP contribution in [0.15, 0.2) is 203 Å². The molecule has 0 unspecified atom stereocenters. The molecule has 0 spiro atoms. The molecular weight excluding hydrogens is 698 g/mol. The Bertz CT molecular complexity index is 2700. The number of halogens is 1. The van der Waals surface area contributed by atoms with E-state index in [2.05, 4.69) is 203 Å². The Kier molecular flexibility index (Phi) is 7.23. The average Bonchev–Trinajstić information content (AvgIpc) is 3.73. The number of para-hydroxylation sites is 1. The zero-order valence-electron chi connectivity index (χ0n) is 28.2.